The standard InChI is InChI=1S/C16H17F3N4O/c1-9-13(14(20)24)15-22(7-8-23(15)21-9)10(2)11-3-5-12(6-4-11)16(17,18)19/h3-6,10H,7-8H2,1-2H3,(H2,20,24). The molecule has 2 heterocycles. The number of hydrogen-bond acceptors (Lipinski definition) is 3. The molecule has 0 saturated heterocycles. The third-order valence-corrected chi connectivity index (χ3v) is 4.36. The number of benzene rings is 1. The smallest absolute Gasteiger partial charge is 0.365 e. The van der Waals surface area contributed by atoms with E-state index in [1.807, 2.05) is 11.8 Å². The third kappa shape index (κ3) is 2.61. The number of nitrogens with zero attached hydrogens (tertiary/aromatic N) is 3. The van der Waals surface area contributed by atoms with Crippen molar-refractivity contribution in [3.63, 3.8) is 0 Å². The fourth-order valence-electron chi connectivity index (χ4n) is 3.12. The zero-order valence-electron chi connectivity index (χ0n) is 13.3. The first-order chi connectivity index (χ1) is 11.2. The number of carbonyl (C=O) groups is 1. The SMILES string of the molecule is Cc1nn2c(c1C(N)=O)N(C(C)c1ccc(C(F)(F)F)cc1)CC2. The van der Waals surface area contributed by atoms with Gasteiger partial charge in [-0.15, -0.1) is 0 Å². The number of primary amides is 1. The van der Waals surface area contributed by atoms with Crippen molar-refractivity contribution in [3.8, 4) is 0 Å². The number of halogens is 3. The first kappa shape index (κ1) is 16.4. The van der Waals surface area contributed by atoms with E-state index >= 15 is 0 Å². The molecule has 0 spiro atoms. The Bertz CT molecular complexity index is 780. The van der Waals surface area contributed by atoms with Gasteiger partial charge in [-0.25, -0.2) is 4.68 Å². The van der Waals surface area contributed by atoms with Crippen LogP contribution in [-0.2, 0) is 12.7 Å². The molecule has 2 N–H and O–H groups in total. The number of amides is 1. The van der Waals surface area contributed by atoms with E-state index in [2.05, 4.69) is 5.10 Å². The molecule has 1 amide bonds. The highest BCUT2D eigenvalue weighted by Gasteiger charge is 2.33. The van der Waals surface area contributed by atoms with Crippen LogP contribution in [0.4, 0.5) is 19.0 Å². The monoisotopic (exact) mass is 338 g/mol. The van der Waals surface area contributed by atoms with Crippen LogP contribution in [0, 0.1) is 6.92 Å². The molecule has 0 fully saturated rings. The molecule has 1 atom stereocenters. The largest absolute Gasteiger partial charge is 0.416 e. The van der Waals surface area contributed by atoms with Crippen molar-refractivity contribution < 1.29 is 18.0 Å². The first-order valence-corrected chi connectivity index (χ1v) is 7.51. The first-order valence-electron chi connectivity index (χ1n) is 7.51. The van der Waals surface area contributed by atoms with Crippen molar-refractivity contribution in [2.24, 2.45) is 5.73 Å². The van der Waals surface area contributed by atoms with Gasteiger partial charge in [-0.2, -0.15) is 18.3 Å². The number of aryl methyl sites for hydroxylation is 1. The second-order valence-electron chi connectivity index (χ2n) is 5.86. The molecule has 2 aromatic rings. The third-order valence-electron chi connectivity index (χ3n) is 4.36. The molecule has 128 valence electrons. The number of aromatic nitrogens is 2. The molecule has 0 radical (unpaired) electrons. The Balaban J connectivity index is 1.93. The van der Waals surface area contributed by atoms with Gasteiger partial charge in [-0.05, 0) is 31.5 Å². The zero-order valence-corrected chi connectivity index (χ0v) is 13.3. The van der Waals surface area contributed by atoms with Crippen molar-refractivity contribution in [1.82, 2.24) is 9.78 Å². The lowest BCUT2D eigenvalue weighted by molar-refractivity contribution is -0.137. The van der Waals surface area contributed by atoms with E-state index in [1.54, 1.807) is 11.6 Å². The molecule has 0 aliphatic carbocycles. The lowest BCUT2D eigenvalue weighted by atomic mass is 10.0. The predicted molar refractivity (Wildman–Crippen MR) is 82.7 cm³/mol. The lowest BCUT2D eigenvalue weighted by Crippen LogP contribution is -2.27. The van der Waals surface area contributed by atoms with Gasteiger partial charge in [0, 0.05) is 6.54 Å². The van der Waals surface area contributed by atoms with Crippen LogP contribution >= 0.6 is 0 Å². The van der Waals surface area contributed by atoms with Crippen molar-refractivity contribution in [1.29, 1.82) is 0 Å². The van der Waals surface area contributed by atoms with Crippen LogP contribution in [0.3, 0.4) is 0 Å². The van der Waals surface area contributed by atoms with E-state index < -0.39 is 17.6 Å². The van der Waals surface area contributed by atoms with E-state index in [1.165, 1.54) is 12.1 Å². The van der Waals surface area contributed by atoms with Gasteiger partial charge < -0.3 is 10.6 Å². The van der Waals surface area contributed by atoms with E-state index in [0.717, 1.165) is 17.7 Å². The van der Waals surface area contributed by atoms with E-state index in [9.17, 15) is 18.0 Å². The number of carbonyl (C=O) groups excluding carboxylic acids is 1. The highest BCUT2D eigenvalue weighted by molar-refractivity contribution is 5.99. The molecule has 0 bridgehead atoms. The highest BCUT2D eigenvalue weighted by Crippen LogP contribution is 2.36. The Kier molecular flexibility index (Phi) is 3.77. The van der Waals surface area contributed by atoms with Gasteiger partial charge in [0.05, 0.1) is 23.8 Å². The summed E-state index contributed by atoms with van der Waals surface area (Å²) in [5.74, 6) is 0.0765. The van der Waals surface area contributed by atoms with Gasteiger partial charge in [0.1, 0.15) is 11.4 Å². The average Bonchev–Trinajstić information content (AvgIpc) is 3.03. The molecule has 0 saturated carbocycles. The molecule has 1 aromatic heterocycles. The fourth-order valence-corrected chi connectivity index (χ4v) is 3.12. The maximum atomic E-state index is 12.7. The molecular weight excluding hydrogens is 321 g/mol. The molecule has 3 rings (SSSR count). The van der Waals surface area contributed by atoms with Gasteiger partial charge >= 0.3 is 6.18 Å². The Morgan fingerprint density at radius 2 is 1.88 bits per heavy atom. The summed E-state index contributed by atoms with van der Waals surface area (Å²) in [5.41, 5.74) is 6.43. The van der Waals surface area contributed by atoms with Crippen molar-refractivity contribution in [2.75, 3.05) is 11.4 Å². The summed E-state index contributed by atoms with van der Waals surface area (Å²) in [6, 6.07) is 4.86. The van der Waals surface area contributed by atoms with Gasteiger partial charge in [0.25, 0.3) is 5.91 Å². The van der Waals surface area contributed by atoms with Crippen LogP contribution in [0.25, 0.3) is 0 Å². The van der Waals surface area contributed by atoms with Crippen molar-refractivity contribution in [3.05, 3.63) is 46.6 Å². The molecule has 1 aromatic carbocycles. The number of anilines is 1. The highest BCUT2D eigenvalue weighted by atomic mass is 19.4. The summed E-state index contributed by atoms with van der Waals surface area (Å²) >= 11 is 0. The minimum atomic E-state index is -4.36. The second-order valence-corrected chi connectivity index (χ2v) is 5.86. The maximum Gasteiger partial charge on any atom is 0.416 e. The Morgan fingerprint density at radius 1 is 1.25 bits per heavy atom. The van der Waals surface area contributed by atoms with E-state index in [4.69, 9.17) is 5.73 Å². The predicted octanol–water partition coefficient (Wildman–Crippen LogP) is 2.89. The molecule has 1 aliphatic rings. The number of hydrogen-bond donors (Lipinski definition) is 1. The summed E-state index contributed by atoms with van der Waals surface area (Å²) in [6.07, 6.45) is -4.36. The van der Waals surface area contributed by atoms with Gasteiger partial charge in [-0.3, -0.25) is 4.79 Å². The van der Waals surface area contributed by atoms with Gasteiger partial charge in [0.15, 0.2) is 0 Å². The number of rotatable bonds is 3. The van der Waals surface area contributed by atoms with E-state index in [-0.39, 0.29) is 6.04 Å². The minimum absolute atomic E-state index is 0.206. The second kappa shape index (κ2) is 5.54. The van der Waals surface area contributed by atoms with Crippen LogP contribution in [0.5, 0.6) is 0 Å². The molecule has 1 unspecified atom stereocenters. The Labute approximate surface area is 136 Å². The quantitative estimate of drug-likeness (QED) is 0.936. The van der Waals surface area contributed by atoms with Crippen molar-refractivity contribution >= 4 is 11.7 Å². The summed E-state index contributed by atoms with van der Waals surface area (Å²) < 4.78 is 39.8. The topological polar surface area (TPSA) is 64.2 Å². The maximum absolute atomic E-state index is 12.7. The van der Waals surface area contributed by atoms with Crippen LogP contribution in [-0.4, -0.2) is 22.2 Å². The molecular formula is C16H17F3N4O. The minimum Gasteiger partial charge on any atom is -0.365 e. The lowest BCUT2D eigenvalue weighted by Gasteiger charge is -2.27. The van der Waals surface area contributed by atoms with Crippen LogP contribution in [0.15, 0.2) is 24.3 Å². The van der Waals surface area contributed by atoms with E-state index in [0.29, 0.717) is 30.2 Å². The van der Waals surface area contributed by atoms with Crippen LogP contribution in [0.2, 0.25) is 0 Å². The molecule has 8 heteroatoms. The molecule has 5 nitrogen and oxygen atoms in total. The van der Waals surface area contributed by atoms with Gasteiger partial charge in [0.2, 0.25) is 0 Å². The molecule has 1 aliphatic heterocycles. The summed E-state index contributed by atoms with van der Waals surface area (Å²) in [7, 11) is 0. The fraction of sp³-hybridized carbons (Fsp3) is 0.375. The summed E-state index contributed by atoms with van der Waals surface area (Å²) in [5, 5.41) is 4.31. The zero-order chi connectivity index (χ0) is 17.6. The average molecular weight is 338 g/mol. The number of alkyl halides is 3. The van der Waals surface area contributed by atoms with Crippen molar-refractivity contribution in [2.45, 2.75) is 32.6 Å². The Hall–Kier alpha value is -2.51. The molecule has 24 heavy (non-hydrogen) atoms. The summed E-state index contributed by atoms with van der Waals surface area (Å²) in [4.78, 5) is 13.7. The Morgan fingerprint density at radius 3 is 2.42 bits per heavy atom. The number of fused-ring (bicyclic) bond motifs is 1. The normalized spacial score (nSPS) is 15.5. The summed E-state index contributed by atoms with van der Waals surface area (Å²) in [6.45, 7) is 4.82. The van der Waals surface area contributed by atoms with Gasteiger partial charge in [-0.1, -0.05) is 12.1 Å². The number of nitrogens with two attached hydrogens (primary N) is 1. The van der Waals surface area contributed by atoms with Crippen LogP contribution < -0.4 is 10.6 Å². The van der Waals surface area contributed by atoms with Crippen LogP contribution in [0.1, 0.15) is 40.1 Å².